The molecule has 0 saturated carbocycles. The Balaban J connectivity index is 1.45. The minimum absolute atomic E-state index is 0.507. The van der Waals surface area contributed by atoms with Gasteiger partial charge in [-0.1, -0.05) is 29.8 Å². The molecule has 4 aromatic rings. The number of aromatic nitrogens is 2. The summed E-state index contributed by atoms with van der Waals surface area (Å²) in [7, 11) is 1.80. The number of aryl methyl sites for hydroxylation is 1. The summed E-state index contributed by atoms with van der Waals surface area (Å²) in [6.45, 7) is 0.514. The molecule has 2 heterocycles. The number of ether oxygens (including phenoxy) is 2. The molecule has 3 aromatic carbocycles. The first-order valence-corrected chi connectivity index (χ1v) is 11.3. The first-order chi connectivity index (χ1) is 16.9. The van der Waals surface area contributed by atoms with E-state index in [1.54, 1.807) is 23.9 Å². The van der Waals surface area contributed by atoms with Crippen LogP contribution in [-0.2, 0) is 11.8 Å². The number of aliphatic hydroxyl groups is 1. The molecule has 1 aliphatic rings. The summed E-state index contributed by atoms with van der Waals surface area (Å²) in [6.07, 6.45) is 0. The number of rotatable bonds is 7. The fraction of sp³-hybridized carbons (Fsp3) is 0.200. The van der Waals surface area contributed by atoms with Crippen LogP contribution in [0.1, 0.15) is 0 Å². The van der Waals surface area contributed by atoms with Crippen LogP contribution in [0.15, 0.2) is 54.6 Å². The Morgan fingerprint density at radius 2 is 1.94 bits per heavy atom. The Morgan fingerprint density at radius 1 is 1.14 bits per heavy atom. The Labute approximate surface area is 205 Å². The van der Waals surface area contributed by atoms with Crippen molar-refractivity contribution in [3.8, 4) is 22.6 Å². The molecule has 1 atom stereocenters. The highest BCUT2D eigenvalue weighted by Crippen LogP contribution is 2.40. The predicted molar refractivity (Wildman–Crippen MR) is 134 cm³/mol. The number of carbonyl (C=O) groups is 1. The normalized spacial score (nSPS) is 13.5. The molecule has 0 radical (unpaired) electrons. The van der Waals surface area contributed by atoms with E-state index in [0.717, 1.165) is 22.0 Å². The van der Waals surface area contributed by atoms with Gasteiger partial charge in [0.1, 0.15) is 19.3 Å². The third-order valence-corrected chi connectivity index (χ3v) is 6.19. The summed E-state index contributed by atoms with van der Waals surface area (Å²) in [4.78, 5) is 11.2. The number of benzene rings is 3. The number of halogens is 1. The van der Waals surface area contributed by atoms with Gasteiger partial charge in [0.15, 0.2) is 17.3 Å². The number of nitrogens with zero attached hydrogens (tertiary/aromatic N) is 2. The van der Waals surface area contributed by atoms with Crippen molar-refractivity contribution in [1.82, 2.24) is 9.78 Å². The highest BCUT2D eigenvalue weighted by atomic mass is 35.5. The van der Waals surface area contributed by atoms with Gasteiger partial charge in [-0.15, -0.1) is 0 Å². The van der Waals surface area contributed by atoms with E-state index in [1.807, 2.05) is 42.5 Å². The number of anilines is 3. The van der Waals surface area contributed by atoms with Gasteiger partial charge >= 0.3 is 5.97 Å². The van der Waals surface area contributed by atoms with Crippen LogP contribution in [0.2, 0.25) is 5.02 Å². The average molecular weight is 495 g/mol. The van der Waals surface area contributed by atoms with Crippen molar-refractivity contribution in [2.24, 2.45) is 7.05 Å². The summed E-state index contributed by atoms with van der Waals surface area (Å²) < 4.78 is 13.0. The van der Waals surface area contributed by atoms with Crippen molar-refractivity contribution >= 4 is 45.7 Å². The maximum atomic E-state index is 11.2. The summed E-state index contributed by atoms with van der Waals surface area (Å²) >= 11 is 6.80. The van der Waals surface area contributed by atoms with Gasteiger partial charge in [-0.2, -0.15) is 5.10 Å². The molecular weight excluding hydrogens is 472 g/mol. The van der Waals surface area contributed by atoms with E-state index in [4.69, 9.17) is 21.1 Å². The molecular formula is C25H23ClN4O5. The quantitative estimate of drug-likeness (QED) is 0.301. The molecule has 1 aliphatic heterocycles. The number of hydrogen-bond acceptors (Lipinski definition) is 7. The Bertz CT molecular complexity index is 1420. The number of aliphatic carboxylic acids is 1. The predicted octanol–water partition coefficient (Wildman–Crippen LogP) is 4.27. The Morgan fingerprint density at radius 3 is 2.71 bits per heavy atom. The molecule has 9 nitrogen and oxygen atoms in total. The van der Waals surface area contributed by atoms with Crippen molar-refractivity contribution in [2.45, 2.75) is 6.04 Å². The number of fused-ring (bicyclic) bond motifs is 2. The van der Waals surface area contributed by atoms with Crippen molar-refractivity contribution in [3.05, 3.63) is 59.6 Å². The molecule has 0 spiro atoms. The van der Waals surface area contributed by atoms with E-state index >= 15 is 0 Å². The number of carboxylic acid groups (broad SMARTS) is 1. The van der Waals surface area contributed by atoms with E-state index in [1.165, 1.54) is 0 Å². The minimum atomic E-state index is -1.13. The maximum Gasteiger partial charge on any atom is 0.328 e. The Hall–Kier alpha value is -3.95. The molecule has 1 unspecified atom stereocenters. The fourth-order valence-electron chi connectivity index (χ4n) is 4.02. The summed E-state index contributed by atoms with van der Waals surface area (Å²) in [5.74, 6) is 0.877. The zero-order valence-corrected chi connectivity index (χ0v) is 19.5. The third-order valence-electron chi connectivity index (χ3n) is 5.78. The zero-order valence-electron chi connectivity index (χ0n) is 18.8. The summed E-state index contributed by atoms with van der Waals surface area (Å²) in [5, 5.41) is 30.5. The Kier molecular flexibility index (Phi) is 6.10. The van der Waals surface area contributed by atoms with Crippen molar-refractivity contribution in [1.29, 1.82) is 0 Å². The van der Waals surface area contributed by atoms with Gasteiger partial charge in [0, 0.05) is 23.7 Å². The van der Waals surface area contributed by atoms with Gasteiger partial charge in [-0.3, -0.25) is 4.68 Å². The van der Waals surface area contributed by atoms with E-state index in [2.05, 4.69) is 15.7 Å². The topological polar surface area (TPSA) is 118 Å². The number of hydrogen-bond donors (Lipinski definition) is 4. The molecule has 180 valence electrons. The van der Waals surface area contributed by atoms with Gasteiger partial charge < -0.3 is 30.3 Å². The molecule has 0 saturated heterocycles. The van der Waals surface area contributed by atoms with Crippen LogP contribution in [0.4, 0.5) is 17.2 Å². The van der Waals surface area contributed by atoms with E-state index < -0.39 is 18.6 Å². The lowest BCUT2D eigenvalue weighted by Crippen LogP contribution is -2.32. The van der Waals surface area contributed by atoms with Crippen LogP contribution in [0.5, 0.6) is 11.5 Å². The number of carboxylic acids is 1. The largest absolute Gasteiger partial charge is 0.486 e. The average Bonchev–Trinajstić information content (AvgIpc) is 3.17. The standard InChI is InChI=1S/C25H23ClN4O5/c1-30-20-12-15(27-19(13-31)25(32)33)6-7-17(20)24(29-30)28-18-4-2-3-16(23(18)26)14-5-8-21-22(11-14)35-10-9-34-21/h2-8,11-12,19,27,31H,9-10,13H2,1H3,(H,28,29)(H,32,33). The van der Waals surface area contributed by atoms with Gasteiger partial charge in [-0.25, -0.2) is 4.79 Å². The van der Waals surface area contributed by atoms with E-state index in [9.17, 15) is 15.0 Å². The first-order valence-electron chi connectivity index (χ1n) is 11.0. The molecule has 35 heavy (non-hydrogen) atoms. The molecule has 0 bridgehead atoms. The van der Waals surface area contributed by atoms with Crippen LogP contribution in [0.3, 0.4) is 0 Å². The van der Waals surface area contributed by atoms with Crippen molar-refractivity contribution < 1.29 is 24.5 Å². The fourth-order valence-corrected chi connectivity index (χ4v) is 4.30. The SMILES string of the molecule is Cn1nc(Nc2cccc(-c3ccc4c(c3)OCCO4)c2Cl)c2ccc(NC(CO)C(=O)O)cc21. The van der Waals surface area contributed by atoms with Gasteiger partial charge in [-0.05, 0) is 42.0 Å². The highest BCUT2D eigenvalue weighted by Gasteiger charge is 2.18. The smallest absolute Gasteiger partial charge is 0.328 e. The lowest BCUT2D eigenvalue weighted by molar-refractivity contribution is -0.138. The molecule has 0 aliphatic carbocycles. The highest BCUT2D eigenvalue weighted by molar-refractivity contribution is 6.36. The van der Waals surface area contributed by atoms with Crippen LogP contribution in [0.25, 0.3) is 22.0 Å². The molecule has 0 fully saturated rings. The van der Waals surface area contributed by atoms with Crippen LogP contribution < -0.4 is 20.1 Å². The summed E-state index contributed by atoms with van der Waals surface area (Å²) in [5.41, 5.74) is 3.77. The van der Waals surface area contributed by atoms with Gasteiger partial charge in [0.25, 0.3) is 0 Å². The number of nitrogens with one attached hydrogen (secondary N) is 2. The van der Waals surface area contributed by atoms with E-state index in [0.29, 0.717) is 46.9 Å². The van der Waals surface area contributed by atoms with Gasteiger partial charge in [0.05, 0.1) is 22.8 Å². The van der Waals surface area contributed by atoms with Crippen molar-refractivity contribution in [2.75, 3.05) is 30.5 Å². The van der Waals surface area contributed by atoms with Crippen molar-refractivity contribution in [3.63, 3.8) is 0 Å². The zero-order chi connectivity index (χ0) is 24.5. The molecule has 0 amide bonds. The minimum Gasteiger partial charge on any atom is -0.486 e. The lowest BCUT2D eigenvalue weighted by atomic mass is 10.0. The number of aliphatic hydroxyl groups excluding tert-OH is 1. The van der Waals surface area contributed by atoms with Crippen LogP contribution in [0, 0.1) is 0 Å². The molecule has 10 heteroatoms. The third kappa shape index (κ3) is 4.43. The maximum absolute atomic E-state index is 11.2. The van der Waals surface area contributed by atoms with Crippen LogP contribution in [-0.4, -0.2) is 51.8 Å². The molecule has 1 aromatic heterocycles. The van der Waals surface area contributed by atoms with Crippen LogP contribution >= 0.6 is 11.6 Å². The second-order valence-electron chi connectivity index (χ2n) is 8.07. The first kappa shape index (κ1) is 22.8. The summed E-state index contributed by atoms with van der Waals surface area (Å²) in [6, 6.07) is 15.7. The molecule has 4 N–H and O–H groups in total. The van der Waals surface area contributed by atoms with Gasteiger partial charge in [0.2, 0.25) is 0 Å². The van der Waals surface area contributed by atoms with E-state index in [-0.39, 0.29) is 0 Å². The second-order valence-corrected chi connectivity index (χ2v) is 8.45. The second kappa shape index (κ2) is 9.36. The molecule has 5 rings (SSSR count). The monoisotopic (exact) mass is 494 g/mol. The lowest BCUT2D eigenvalue weighted by Gasteiger charge is -2.19.